The van der Waals surface area contributed by atoms with Crippen molar-refractivity contribution >= 4 is 29.4 Å². The van der Waals surface area contributed by atoms with Crippen molar-refractivity contribution < 1.29 is 19.4 Å². The fourth-order valence-corrected chi connectivity index (χ4v) is 5.89. The number of nitrogens with zero attached hydrogens (tertiary/aromatic N) is 3. The molecule has 0 spiro atoms. The average Bonchev–Trinajstić information content (AvgIpc) is 3.45. The van der Waals surface area contributed by atoms with Gasteiger partial charge in [0.15, 0.2) is 0 Å². The van der Waals surface area contributed by atoms with E-state index in [1.54, 1.807) is 38.1 Å². The van der Waals surface area contributed by atoms with Crippen molar-refractivity contribution in [1.29, 1.82) is 0 Å². The molecule has 3 unspecified atom stereocenters. The largest absolute Gasteiger partial charge is 0.400 e. The van der Waals surface area contributed by atoms with E-state index in [9.17, 15) is 19.4 Å². The number of carbonyl (C=O) groups excluding carboxylic acids is 1. The standard InChI is InChI=1S/C25H31ClFN5O3/c1-13(33)21(28)18(11-29-2)25(35)9-15-6-14(7-16(15)10-25)22-23(32(3)12-30-22)24(34)31-17-4-5-20(27)19(26)8-17/h4-5,8,11-16,33,35H,6-7,9-10,28H2,1-3H3,(H,31,34)/b21-18+,29-11?. The van der Waals surface area contributed by atoms with Crippen LogP contribution in [0.4, 0.5) is 10.1 Å². The molecule has 35 heavy (non-hydrogen) atoms. The molecule has 8 nitrogen and oxygen atoms in total. The van der Waals surface area contributed by atoms with Gasteiger partial charge in [0.1, 0.15) is 11.5 Å². The van der Waals surface area contributed by atoms with E-state index in [1.165, 1.54) is 18.2 Å². The van der Waals surface area contributed by atoms with Crippen LogP contribution in [0.15, 0.2) is 40.8 Å². The van der Waals surface area contributed by atoms with Crippen LogP contribution in [0.25, 0.3) is 0 Å². The van der Waals surface area contributed by atoms with Gasteiger partial charge < -0.3 is 25.8 Å². The molecule has 1 aromatic carbocycles. The van der Waals surface area contributed by atoms with E-state index in [0.29, 0.717) is 35.5 Å². The fourth-order valence-electron chi connectivity index (χ4n) is 5.71. The maximum Gasteiger partial charge on any atom is 0.274 e. The Morgan fingerprint density at radius 3 is 2.63 bits per heavy atom. The summed E-state index contributed by atoms with van der Waals surface area (Å²) in [5, 5.41) is 24.1. The first-order chi connectivity index (χ1) is 16.5. The zero-order chi connectivity index (χ0) is 25.5. The molecule has 1 heterocycles. The first kappa shape index (κ1) is 25.3. The Hall–Kier alpha value is -2.75. The van der Waals surface area contributed by atoms with Gasteiger partial charge in [0, 0.05) is 43.2 Å². The first-order valence-corrected chi connectivity index (χ1v) is 12.0. The van der Waals surface area contributed by atoms with Crippen LogP contribution in [0.5, 0.6) is 0 Å². The molecule has 188 valence electrons. The van der Waals surface area contributed by atoms with Crippen LogP contribution in [0.1, 0.15) is 54.7 Å². The Balaban J connectivity index is 1.52. The molecule has 5 N–H and O–H groups in total. The van der Waals surface area contributed by atoms with Gasteiger partial charge in [0.05, 0.1) is 28.7 Å². The normalized spacial score (nSPS) is 27.7. The second kappa shape index (κ2) is 9.72. The number of hydrogen-bond acceptors (Lipinski definition) is 6. The summed E-state index contributed by atoms with van der Waals surface area (Å²) in [6.07, 6.45) is 4.84. The smallest absolute Gasteiger partial charge is 0.274 e. The third-order valence-electron chi connectivity index (χ3n) is 7.31. The number of aliphatic hydroxyl groups is 2. The predicted octanol–water partition coefficient (Wildman–Crippen LogP) is 3.39. The molecule has 10 heteroatoms. The van der Waals surface area contributed by atoms with Gasteiger partial charge in [-0.2, -0.15) is 0 Å². The number of halogens is 2. The highest BCUT2D eigenvalue weighted by Crippen LogP contribution is 2.55. The number of aryl methyl sites for hydroxylation is 1. The summed E-state index contributed by atoms with van der Waals surface area (Å²) < 4.78 is 15.2. The minimum absolute atomic E-state index is 0.0645. The molecule has 0 saturated heterocycles. The van der Waals surface area contributed by atoms with Crippen LogP contribution in [-0.2, 0) is 7.05 Å². The van der Waals surface area contributed by atoms with Gasteiger partial charge >= 0.3 is 0 Å². The Morgan fingerprint density at radius 1 is 1.40 bits per heavy atom. The Bertz CT molecular complexity index is 1180. The molecule has 1 aromatic heterocycles. The maximum absolute atomic E-state index is 13.5. The molecular weight excluding hydrogens is 473 g/mol. The Labute approximate surface area is 208 Å². The fraction of sp³-hybridized carbons (Fsp3) is 0.480. The van der Waals surface area contributed by atoms with Gasteiger partial charge in [-0.1, -0.05) is 11.6 Å². The summed E-state index contributed by atoms with van der Waals surface area (Å²) in [5.41, 5.74) is 7.24. The molecule has 2 aliphatic rings. The molecular formula is C25H31ClFN5O3. The molecule has 2 fully saturated rings. The second-order valence-corrected chi connectivity index (χ2v) is 10.1. The van der Waals surface area contributed by atoms with E-state index in [2.05, 4.69) is 15.3 Å². The predicted molar refractivity (Wildman–Crippen MR) is 133 cm³/mol. The number of hydrogen-bond donors (Lipinski definition) is 4. The molecule has 2 aromatic rings. The summed E-state index contributed by atoms with van der Waals surface area (Å²) in [6, 6.07) is 4.03. The van der Waals surface area contributed by atoms with Crippen molar-refractivity contribution in [2.45, 2.75) is 50.2 Å². The zero-order valence-electron chi connectivity index (χ0n) is 20.0. The molecule has 1 amide bonds. The molecule has 2 aliphatic carbocycles. The lowest BCUT2D eigenvalue weighted by Gasteiger charge is -2.28. The molecule has 0 bridgehead atoms. The van der Waals surface area contributed by atoms with Crippen LogP contribution in [0, 0.1) is 17.7 Å². The lowest BCUT2D eigenvalue weighted by atomic mass is 9.85. The van der Waals surface area contributed by atoms with Crippen LogP contribution in [0.2, 0.25) is 5.02 Å². The first-order valence-electron chi connectivity index (χ1n) is 11.6. The number of rotatable bonds is 6. The molecule has 2 saturated carbocycles. The van der Waals surface area contributed by atoms with Gasteiger partial charge in [0.2, 0.25) is 0 Å². The number of aromatic nitrogens is 2. The van der Waals surface area contributed by atoms with E-state index in [1.807, 2.05) is 0 Å². The van der Waals surface area contributed by atoms with Crippen LogP contribution >= 0.6 is 11.6 Å². The summed E-state index contributed by atoms with van der Waals surface area (Å²) in [7, 11) is 3.37. The van der Waals surface area contributed by atoms with Gasteiger partial charge in [-0.15, -0.1) is 0 Å². The topological polar surface area (TPSA) is 126 Å². The molecule has 0 radical (unpaired) electrons. The number of fused-ring (bicyclic) bond motifs is 1. The van der Waals surface area contributed by atoms with Crippen molar-refractivity contribution in [1.82, 2.24) is 9.55 Å². The number of benzene rings is 1. The summed E-state index contributed by atoms with van der Waals surface area (Å²) in [4.78, 5) is 21.7. The van der Waals surface area contributed by atoms with Crippen LogP contribution in [-0.4, -0.2) is 50.6 Å². The van der Waals surface area contributed by atoms with Crippen molar-refractivity contribution in [3.05, 3.63) is 58.0 Å². The zero-order valence-corrected chi connectivity index (χ0v) is 20.8. The highest BCUT2D eigenvalue weighted by atomic mass is 35.5. The third-order valence-corrected chi connectivity index (χ3v) is 7.60. The van der Waals surface area contributed by atoms with Gasteiger partial charge in [-0.05, 0) is 62.6 Å². The van der Waals surface area contributed by atoms with E-state index >= 15 is 0 Å². The van der Waals surface area contributed by atoms with E-state index in [0.717, 1.165) is 12.8 Å². The average molecular weight is 504 g/mol. The lowest BCUT2D eigenvalue weighted by Crippen LogP contribution is -2.34. The van der Waals surface area contributed by atoms with Crippen LogP contribution in [0.3, 0.4) is 0 Å². The number of nitrogens with one attached hydrogen (secondary N) is 1. The Kier molecular flexibility index (Phi) is 7.04. The number of nitrogens with two attached hydrogens (primary N) is 1. The van der Waals surface area contributed by atoms with Gasteiger partial charge in [-0.3, -0.25) is 9.79 Å². The van der Waals surface area contributed by atoms with E-state index in [-0.39, 0.29) is 34.4 Å². The lowest BCUT2D eigenvalue weighted by molar-refractivity contribution is 0.0788. The third kappa shape index (κ3) is 4.85. The minimum atomic E-state index is -1.15. The van der Waals surface area contributed by atoms with Crippen LogP contribution < -0.4 is 11.1 Å². The molecule has 0 aliphatic heterocycles. The second-order valence-electron chi connectivity index (χ2n) is 9.73. The number of carbonyl (C=O) groups is 1. The van der Waals surface area contributed by atoms with Gasteiger partial charge in [-0.25, -0.2) is 9.37 Å². The number of anilines is 1. The van der Waals surface area contributed by atoms with Crippen molar-refractivity contribution in [2.24, 2.45) is 29.6 Å². The highest BCUT2D eigenvalue weighted by molar-refractivity contribution is 6.31. The number of aliphatic hydroxyl groups excluding tert-OH is 1. The van der Waals surface area contributed by atoms with E-state index in [4.69, 9.17) is 17.3 Å². The molecule has 3 atom stereocenters. The van der Waals surface area contributed by atoms with E-state index < -0.39 is 17.5 Å². The summed E-state index contributed by atoms with van der Waals surface area (Å²) in [6.45, 7) is 1.57. The molecule has 4 rings (SSSR count). The Morgan fingerprint density at radius 2 is 2.06 bits per heavy atom. The van der Waals surface area contributed by atoms with Crippen molar-refractivity contribution in [3.63, 3.8) is 0 Å². The number of imidazole rings is 1. The summed E-state index contributed by atoms with van der Waals surface area (Å²) in [5.74, 6) is -0.386. The number of aliphatic imine (C=N–C) groups is 1. The van der Waals surface area contributed by atoms with Crippen molar-refractivity contribution in [2.75, 3.05) is 12.4 Å². The van der Waals surface area contributed by atoms with Gasteiger partial charge in [0.25, 0.3) is 5.91 Å². The maximum atomic E-state index is 13.5. The minimum Gasteiger partial charge on any atom is -0.400 e. The summed E-state index contributed by atoms with van der Waals surface area (Å²) >= 11 is 5.85. The van der Waals surface area contributed by atoms with Crippen molar-refractivity contribution in [3.8, 4) is 0 Å². The number of amides is 1. The quantitative estimate of drug-likeness (QED) is 0.449. The monoisotopic (exact) mass is 503 g/mol. The highest BCUT2D eigenvalue weighted by Gasteiger charge is 2.51. The SMILES string of the molecule is CN=C/C(=C(\N)C(C)O)C1(O)CC2CC(c3ncn(C)c3C(=O)Nc3ccc(F)c(Cl)c3)CC2C1.